The molecule has 12 heteroatoms. The van der Waals surface area contributed by atoms with Crippen molar-refractivity contribution in [1.29, 1.82) is 0 Å². The smallest absolute Gasteiger partial charge is 0.204 e. The van der Waals surface area contributed by atoms with Gasteiger partial charge in [-0.2, -0.15) is 0 Å². The topological polar surface area (TPSA) is 222 Å². The highest BCUT2D eigenvalue weighted by molar-refractivity contribution is 6.11. The Morgan fingerprint density at radius 2 is 0.857 bits per heavy atom. The van der Waals surface area contributed by atoms with E-state index in [2.05, 4.69) is 0 Å². The summed E-state index contributed by atoms with van der Waals surface area (Å²) >= 11 is 0. The summed E-state index contributed by atoms with van der Waals surface area (Å²) < 4.78 is 11.2. The third kappa shape index (κ3) is 3.63. The summed E-state index contributed by atoms with van der Waals surface area (Å²) in [5, 5.41) is 82.7. The van der Waals surface area contributed by atoms with E-state index in [-0.39, 0.29) is 33.8 Å². The molecule has 0 fully saturated rings. The maximum atomic E-state index is 13.5. The molecule has 0 amide bonds. The van der Waals surface area contributed by atoms with Crippen LogP contribution >= 0.6 is 0 Å². The molecule has 12 nitrogen and oxygen atoms in total. The van der Waals surface area contributed by atoms with E-state index in [1.54, 1.807) is 0 Å². The van der Waals surface area contributed by atoms with Gasteiger partial charge in [0, 0.05) is 0 Å². The van der Waals surface area contributed by atoms with Crippen LogP contribution in [0.4, 0.5) is 0 Å². The lowest BCUT2D eigenvalue weighted by molar-refractivity contribution is 0.367. The number of rotatable bonds is 3. The largest absolute Gasteiger partial charge is 0.508 e. The molecule has 6 aromatic rings. The van der Waals surface area contributed by atoms with Crippen molar-refractivity contribution in [2.24, 2.45) is 0 Å². The van der Waals surface area contributed by atoms with Crippen molar-refractivity contribution in [3.8, 4) is 79.4 Å². The normalized spacial score (nSPS) is 11.3. The lowest BCUT2D eigenvalue weighted by Crippen LogP contribution is -2.07. The Balaban J connectivity index is 1.74. The van der Waals surface area contributed by atoms with E-state index in [1.165, 1.54) is 48.5 Å². The molecule has 8 N–H and O–H groups in total. The highest BCUT2D eigenvalue weighted by Gasteiger charge is 2.32. The SMILES string of the molecule is O=c1c(-c2cccc(O)c2)coc2c(-c3c(O)c(O)c(O)c4c(=O)c(-c5cccc(O)c5)coc34)c(O)c(O)c(O)c12. The minimum absolute atomic E-state index is 0.158. The molecular weight excluding hydrogens is 552 g/mol. The number of hydrogen-bond donors (Lipinski definition) is 8. The van der Waals surface area contributed by atoms with E-state index in [0.717, 1.165) is 12.5 Å². The van der Waals surface area contributed by atoms with Gasteiger partial charge in [-0.25, -0.2) is 0 Å². The van der Waals surface area contributed by atoms with Gasteiger partial charge in [0.1, 0.15) is 34.8 Å². The van der Waals surface area contributed by atoms with Crippen molar-refractivity contribution < 1.29 is 49.7 Å². The molecule has 2 heterocycles. The molecule has 0 radical (unpaired) electrons. The molecule has 0 aliphatic carbocycles. The zero-order chi connectivity index (χ0) is 30.0. The van der Waals surface area contributed by atoms with Crippen molar-refractivity contribution in [2.75, 3.05) is 0 Å². The molecule has 6 rings (SSSR count). The molecule has 0 saturated heterocycles. The van der Waals surface area contributed by atoms with Gasteiger partial charge in [0.2, 0.25) is 22.4 Å². The highest BCUT2D eigenvalue weighted by atomic mass is 16.4. The van der Waals surface area contributed by atoms with Gasteiger partial charge in [-0.05, 0) is 35.4 Å². The molecule has 4 aromatic carbocycles. The van der Waals surface area contributed by atoms with Crippen LogP contribution in [0.25, 0.3) is 55.3 Å². The summed E-state index contributed by atoms with van der Waals surface area (Å²) in [6.45, 7) is 0. The minimum Gasteiger partial charge on any atom is -0.508 e. The summed E-state index contributed by atoms with van der Waals surface area (Å²) in [5.74, 6) is -7.20. The van der Waals surface area contributed by atoms with E-state index in [9.17, 15) is 50.4 Å². The summed E-state index contributed by atoms with van der Waals surface area (Å²) in [6, 6.07) is 11.0. The fourth-order valence-electron chi connectivity index (χ4n) is 4.86. The molecular formula is C30H18O12. The number of hydrogen-bond acceptors (Lipinski definition) is 12. The second-order valence-electron chi connectivity index (χ2n) is 9.31. The number of aromatic hydroxyl groups is 8. The predicted octanol–water partition coefficient (Wildman–Crippen LogP) is 4.55. The van der Waals surface area contributed by atoms with Crippen LogP contribution in [0.5, 0.6) is 46.0 Å². The van der Waals surface area contributed by atoms with E-state index in [1.807, 2.05) is 0 Å². The fourth-order valence-corrected chi connectivity index (χ4v) is 4.86. The number of benzene rings is 4. The quantitative estimate of drug-likeness (QED) is 0.137. The first-order valence-electron chi connectivity index (χ1n) is 12.0. The Morgan fingerprint density at radius 1 is 0.476 bits per heavy atom. The monoisotopic (exact) mass is 570 g/mol. The van der Waals surface area contributed by atoms with Gasteiger partial charge in [-0.3, -0.25) is 9.59 Å². The Bertz CT molecular complexity index is 2070. The van der Waals surface area contributed by atoms with Crippen LogP contribution < -0.4 is 10.9 Å². The van der Waals surface area contributed by atoms with Gasteiger partial charge >= 0.3 is 0 Å². The minimum atomic E-state index is -1.21. The summed E-state index contributed by atoms with van der Waals surface area (Å²) in [7, 11) is 0. The summed E-state index contributed by atoms with van der Waals surface area (Å²) in [6.07, 6.45) is 1.88. The van der Waals surface area contributed by atoms with Gasteiger partial charge in [0.05, 0.1) is 22.3 Å². The average molecular weight is 570 g/mol. The molecule has 0 spiro atoms. The second-order valence-corrected chi connectivity index (χ2v) is 9.31. The van der Waals surface area contributed by atoms with Gasteiger partial charge in [0.15, 0.2) is 34.2 Å². The van der Waals surface area contributed by atoms with Gasteiger partial charge < -0.3 is 49.7 Å². The van der Waals surface area contributed by atoms with Gasteiger partial charge in [-0.15, -0.1) is 0 Å². The van der Waals surface area contributed by atoms with E-state index >= 15 is 0 Å². The molecule has 0 unspecified atom stereocenters. The van der Waals surface area contributed by atoms with Gasteiger partial charge in [0.25, 0.3) is 0 Å². The third-order valence-electron chi connectivity index (χ3n) is 6.85. The molecule has 2 aromatic heterocycles. The predicted molar refractivity (Wildman–Crippen MR) is 148 cm³/mol. The Kier molecular flexibility index (Phi) is 5.64. The standard InChI is InChI=1S/C30H18O12/c31-13-5-1-3-11(7-13)15-9-41-29-17(23(35)27(39)25(37)19(29)21(15)33)18-24(36)28(40)26(38)20-22(34)16(10-42-30(18)20)12-4-2-6-14(32)8-12/h1-10,31-32,35-40H. The fraction of sp³-hybridized carbons (Fsp3) is 0. The van der Waals surface area contributed by atoms with Crippen molar-refractivity contribution in [1.82, 2.24) is 0 Å². The number of phenols is 8. The van der Waals surface area contributed by atoms with Crippen LogP contribution in [0, 0.1) is 0 Å². The molecule has 0 aliphatic heterocycles. The van der Waals surface area contributed by atoms with Crippen LogP contribution in [0.2, 0.25) is 0 Å². The van der Waals surface area contributed by atoms with Crippen molar-refractivity contribution >= 4 is 21.9 Å². The van der Waals surface area contributed by atoms with E-state index in [0.29, 0.717) is 0 Å². The lowest BCUT2D eigenvalue weighted by Gasteiger charge is -2.16. The van der Waals surface area contributed by atoms with Crippen LogP contribution in [-0.2, 0) is 0 Å². The molecule has 0 bridgehead atoms. The van der Waals surface area contributed by atoms with E-state index in [4.69, 9.17) is 8.83 Å². The Labute approximate surface area is 232 Å². The third-order valence-corrected chi connectivity index (χ3v) is 6.85. The molecule has 0 saturated carbocycles. The maximum absolute atomic E-state index is 13.5. The molecule has 210 valence electrons. The number of phenolic OH excluding ortho intramolecular Hbond substituents is 8. The zero-order valence-corrected chi connectivity index (χ0v) is 21.0. The Hall–Kier alpha value is -6.30. The first kappa shape index (κ1) is 26.0. The Morgan fingerprint density at radius 3 is 1.21 bits per heavy atom. The average Bonchev–Trinajstić information content (AvgIpc) is 2.96. The molecule has 0 aliphatic rings. The first-order chi connectivity index (χ1) is 20.0. The molecule has 0 atom stereocenters. The van der Waals surface area contributed by atoms with Crippen LogP contribution in [0.15, 0.2) is 79.5 Å². The second kappa shape index (κ2) is 9.13. The lowest BCUT2D eigenvalue weighted by atomic mass is 9.94. The van der Waals surface area contributed by atoms with Gasteiger partial charge in [-0.1, -0.05) is 24.3 Å². The zero-order valence-electron chi connectivity index (χ0n) is 21.0. The highest BCUT2D eigenvalue weighted by Crippen LogP contribution is 2.55. The van der Waals surface area contributed by atoms with Crippen molar-refractivity contribution in [2.45, 2.75) is 0 Å². The first-order valence-corrected chi connectivity index (χ1v) is 12.0. The van der Waals surface area contributed by atoms with Crippen molar-refractivity contribution in [3.63, 3.8) is 0 Å². The maximum Gasteiger partial charge on any atom is 0.204 e. The number of fused-ring (bicyclic) bond motifs is 2. The van der Waals surface area contributed by atoms with Crippen LogP contribution in [0.3, 0.4) is 0 Å². The summed E-state index contributed by atoms with van der Waals surface area (Å²) in [4.78, 5) is 27.0. The van der Waals surface area contributed by atoms with Crippen LogP contribution in [-0.4, -0.2) is 40.9 Å². The van der Waals surface area contributed by atoms with Crippen molar-refractivity contribution in [3.05, 3.63) is 81.5 Å². The summed E-state index contributed by atoms with van der Waals surface area (Å²) in [5.41, 5.74) is -4.34. The molecule has 42 heavy (non-hydrogen) atoms. The van der Waals surface area contributed by atoms with E-state index < -0.39 is 78.4 Å². The van der Waals surface area contributed by atoms with Crippen LogP contribution in [0.1, 0.15) is 0 Å².